The van der Waals surface area contributed by atoms with Gasteiger partial charge in [-0.15, -0.1) is 10.2 Å². The van der Waals surface area contributed by atoms with Gasteiger partial charge in [0.1, 0.15) is 5.52 Å². The van der Waals surface area contributed by atoms with E-state index in [0.29, 0.717) is 29.6 Å². The number of carbonyl (C=O) groups excluding carboxylic acids is 1. The third kappa shape index (κ3) is 6.54. The number of nitrogens with one attached hydrogen (secondary N) is 1. The summed E-state index contributed by atoms with van der Waals surface area (Å²) >= 11 is 1.58. The van der Waals surface area contributed by atoms with E-state index in [0.717, 1.165) is 59.2 Å². The van der Waals surface area contributed by atoms with Gasteiger partial charge in [0.25, 0.3) is 0 Å². The zero-order valence-electron chi connectivity index (χ0n) is 22.8. The number of hydrogen-bond acceptors (Lipinski definition) is 7. The number of benzene rings is 3. The molecule has 0 aliphatic heterocycles. The first-order valence-electron chi connectivity index (χ1n) is 13.4. The van der Waals surface area contributed by atoms with E-state index in [1.165, 1.54) is 5.56 Å². The average Bonchev–Trinajstić information content (AvgIpc) is 3.30. The van der Waals surface area contributed by atoms with Crippen molar-refractivity contribution in [2.24, 2.45) is 0 Å². The summed E-state index contributed by atoms with van der Waals surface area (Å²) in [6.07, 6.45) is 2.92. The van der Waals surface area contributed by atoms with Gasteiger partial charge in [0, 0.05) is 30.6 Å². The van der Waals surface area contributed by atoms with Gasteiger partial charge in [-0.2, -0.15) is 0 Å². The number of aromatic nitrogens is 4. The number of amides is 1. The first-order valence-corrected chi connectivity index (χ1v) is 14.4. The molecule has 0 spiro atoms. The van der Waals surface area contributed by atoms with Gasteiger partial charge in [0.2, 0.25) is 11.1 Å². The third-order valence-electron chi connectivity index (χ3n) is 6.75. The molecule has 2 aromatic heterocycles. The maximum atomic E-state index is 12.3. The zero-order valence-corrected chi connectivity index (χ0v) is 23.6. The van der Waals surface area contributed by atoms with Crippen LogP contribution in [0, 0.1) is 0 Å². The summed E-state index contributed by atoms with van der Waals surface area (Å²) in [7, 11) is 3.24. The molecule has 5 rings (SSSR count). The predicted molar refractivity (Wildman–Crippen MR) is 159 cm³/mol. The Labute approximate surface area is 238 Å². The second kappa shape index (κ2) is 13.3. The molecule has 206 valence electrons. The molecular weight excluding hydrogens is 522 g/mol. The molecule has 0 radical (unpaired) electrons. The van der Waals surface area contributed by atoms with Gasteiger partial charge >= 0.3 is 0 Å². The minimum absolute atomic E-state index is 0.0650. The van der Waals surface area contributed by atoms with Crippen LogP contribution in [0.1, 0.15) is 30.4 Å². The smallest absolute Gasteiger partial charge is 0.220 e. The van der Waals surface area contributed by atoms with E-state index in [9.17, 15) is 4.79 Å². The molecule has 8 nitrogen and oxygen atoms in total. The van der Waals surface area contributed by atoms with E-state index in [-0.39, 0.29) is 5.91 Å². The van der Waals surface area contributed by atoms with Crippen LogP contribution in [0.15, 0.2) is 78.0 Å². The number of methoxy groups -OCH3 is 2. The summed E-state index contributed by atoms with van der Waals surface area (Å²) < 4.78 is 12.8. The van der Waals surface area contributed by atoms with E-state index >= 15 is 0 Å². The molecule has 0 saturated carbocycles. The first-order chi connectivity index (χ1) is 19.7. The van der Waals surface area contributed by atoms with Crippen LogP contribution in [0.4, 0.5) is 0 Å². The number of nitrogens with zero attached hydrogens (tertiary/aromatic N) is 4. The molecule has 0 aliphatic carbocycles. The molecule has 1 amide bonds. The summed E-state index contributed by atoms with van der Waals surface area (Å²) in [5.41, 5.74) is 5.06. The van der Waals surface area contributed by atoms with Crippen LogP contribution in [0.25, 0.3) is 22.1 Å². The van der Waals surface area contributed by atoms with Crippen molar-refractivity contribution in [3.63, 3.8) is 0 Å². The molecule has 40 heavy (non-hydrogen) atoms. The highest BCUT2D eigenvalue weighted by atomic mass is 32.2. The van der Waals surface area contributed by atoms with Crippen LogP contribution < -0.4 is 14.8 Å². The number of thioether (sulfide) groups is 1. The summed E-state index contributed by atoms with van der Waals surface area (Å²) in [6.45, 7) is 1.30. The maximum absolute atomic E-state index is 12.3. The summed E-state index contributed by atoms with van der Waals surface area (Å²) in [4.78, 5) is 17.2. The van der Waals surface area contributed by atoms with Crippen LogP contribution in [0.3, 0.4) is 0 Å². The molecule has 2 heterocycles. The molecule has 3 aromatic carbocycles. The molecule has 1 N–H and O–H groups in total. The molecule has 5 aromatic rings. The van der Waals surface area contributed by atoms with Crippen LogP contribution in [0.5, 0.6) is 11.5 Å². The fourth-order valence-electron chi connectivity index (χ4n) is 4.70. The number of unbranched alkanes of at least 4 members (excludes halogenated alkanes) is 1. The Balaban J connectivity index is 1.11. The van der Waals surface area contributed by atoms with Crippen LogP contribution in [0.2, 0.25) is 0 Å². The average molecular weight is 556 g/mol. The number of fused-ring (bicyclic) bond motifs is 3. The van der Waals surface area contributed by atoms with E-state index in [2.05, 4.69) is 56.5 Å². The van der Waals surface area contributed by atoms with Crippen molar-refractivity contribution in [3.05, 3.63) is 83.9 Å². The molecule has 0 atom stereocenters. The monoisotopic (exact) mass is 555 g/mol. The molecule has 0 saturated heterocycles. The van der Waals surface area contributed by atoms with Crippen molar-refractivity contribution in [3.8, 4) is 11.5 Å². The summed E-state index contributed by atoms with van der Waals surface area (Å²) in [5, 5.41) is 13.7. The van der Waals surface area contributed by atoms with E-state index in [1.54, 1.807) is 26.0 Å². The lowest BCUT2D eigenvalue weighted by atomic mass is 10.1. The number of hydrogen-bond donors (Lipinski definition) is 1. The normalized spacial score (nSPS) is 11.2. The highest BCUT2D eigenvalue weighted by Gasteiger charge is 2.15. The maximum Gasteiger partial charge on any atom is 0.220 e. The summed E-state index contributed by atoms with van der Waals surface area (Å²) in [6, 6.07) is 24.4. The van der Waals surface area contributed by atoms with Gasteiger partial charge in [-0.05, 0) is 48.6 Å². The molecule has 9 heteroatoms. The molecule has 0 bridgehead atoms. The van der Waals surface area contributed by atoms with Gasteiger partial charge in [-0.25, -0.2) is 4.98 Å². The second-order valence-corrected chi connectivity index (χ2v) is 10.5. The number of carbonyl (C=O) groups is 1. The second-order valence-electron chi connectivity index (χ2n) is 9.45. The fraction of sp³-hybridized carbons (Fsp3) is 0.290. The largest absolute Gasteiger partial charge is 0.493 e. The van der Waals surface area contributed by atoms with E-state index < -0.39 is 0 Å². The minimum atomic E-state index is 0.0650. The number of rotatable bonds is 13. The zero-order chi connectivity index (χ0) is 27.7. The molecular formula is C31H33N5O3S. The number of ether oxygens (including phenoxy) is 2. The highest BCUT2D eigenvalue weighted by molar-refractivity contribution is 7.99. The molecule has 0 unspecified atom stereocenters. The minimum Gasteiger partial charge on any atom is -0.493 e. The lowest BCUT2D eigenvalue weighted by Gasteiger charge is -2.10. The van der Waals surface area contributed by atoms with Crippen LogP contribution >= 0.6 is 11.8 Å². The van der Waals surface area contributed by atoms with Gasteiger partial charge in [-0.1, -0.05) is 66.4 Å². The first kappa shape index (κ1) is 27.5. The lowest BCUT2D eigenvalue weighted by molar-refractivity contribution is -0.121. The molecule has 0 aliphatic rings. The lowest BCUT2D eigenvalue weighted by Crippen LogP contribution is -2.25. The van der Waals surface area contributed by atoms with Crippen molar-refractivity contribution in [1.82, 2.24) is 25.1 Å². The van der Waals surface area contributed by atoms with Crippen LogP contribution in [-0.2, 0) is 17.8 Å². The van der Waals surface area contributed by atoms with Gasteiger partial charge in [0.15, 0.2) is 17.1 Å². The van der Waals surface area contributed by atoms with Crippen molar-refractivity contribution in [2.75, 3.05) is 26.5 Å². The van der Waals surface area contributed by atoms with Crippen molar-refractivity contribution in [1.29, 1.82) is 0 Å². The summed E-state index contributed by atoms with van der Waals surface area (Å²) in [5.74, 6) is 2.28. The van der Waals surface area contributed by atoms with Crippen molar-refractivity contribution in [2.45, 2.75) is 37.4 Å². The highest BCUT2D eigenvalue weighted by Crippen LogP contribution is 2.29. The Kier molecular flexibility index (Phi) is 9.13. The van der Waals surface area contributed by atoms with Crippen molar-refractivity contribution < 1.29 is 14.3 Å². The Morgan fingerprint density at radius 3 is 2.52 bits per heavy atom. The standard InChI is InChI=1S/C31H33N5O3S/c1-38-26-16-15-22(20-27(26)39-2)17-18-32-28(37)14-8-9-19-40-31-33-30-29(34-35-31)24-12-6-7-13-25(24)36(30)21-23-10-4-3-5-11-23/h3-7,10-13,15-16,20H,8-9,14,17-19,21H2,1-2H3,(H,32,37). The Bertz CT molecular complexity index is 1590. The SMILES string of the molecule is COc1ccc(CCNC(=O)CCCCSc2nnc3c4ccccc4n(Cc4ccccc4)c3n2)cc1OC. The van der Waals surface area contributed by atoms with Gasteiger partial charge in [-0.3, -0.25) is 4.79 Å². The fourth-order valence-corrected chi connectivity index (χ4v) is 5.48. The topological polar surface area (TPSA) is 91.2 Å². The van der Waals surface area contributed by atoms with Crippen molar-refractivity contribution >= 4 is 39.7 Å². The third-order valence-corrected chi connectivity index (χ3v) is 7.68. The van der Waals surface area contributed by atoms with E-state index in [1.807, 2.05) is 36.4 Å². The molecule has 0 fully saturated rings. The van der Waals surface area contributed by atoms with Gasteiger partial charge in [0.05, 0.1) is 19.7 Å². The van der Waals surface area contributed by atoms with E-state index in [4.69, 9.17) is 14.5 Å². The van der Waals surface area contributed by atoms with Gasteiger partial charge < -0.3 is 19.4 Å². The quantitative estimate of drug-likeness (QED) is 0.148. The Morgan fingerprint density at radius 2 is 1.70 bits per heavy atom. The Hall–Kier alpha value is -4.11. The number of para-hydroxylation sites is 1. The van der Waals surface area contributed by atoms with Crippen LogP contribution in [-0.4, -0.2) is 52.2 Å². The Morgan fingerprint density at radius 1 is 0.900 bits per heavy atom. The predicted octanol–water partition coefficient (Wildman–Crippen LogP) is 5.67.